The molecule has 1 unspecified atom stereocenters. The van der Waals surface area contributed by atoms with Crippen LogP contribution in [0.2, 0.25) is 0 Å². The zero-order valence-corrected chi connectivity index (χ0v) is 13.9. The predicted octanol–water partition coefficient (Wildman–Crippen LogP) is 1.71. The third-order valence-corrected chi connectivity index (χ3v) is 4.62. The molecular formula is C15H19ClN6O2. The van der Waals surface area contributed by atoms with Gasteiger partial charge in [-0.3, -0.25) is 10.1 Å². The lowest BCUT2D eigenvalue weighted by molar-refractivity contribution is -0.384. The van der Waals surface area contributed by atoms with Crippen LogP contribution >= 0.6 is 12.4 Å². The number of nitrogens with two attached hydrogens (primary N) is 1. The van der Waals surface area contributed by atoms with Crippen molar-refractivity contribution in [1.82, 2.24) is 10.2 Å². The molecule has 2 N–H and O–H groups in total. The van der Waals surface area contributed by atoms with E-state index in [0.717, 1.165) is 61.4 Å². The lowest BCUT2D eigenvalue weighted by atomic mass is 10.1. The van der Waals surface area contributed by atoms with Gasteiger partial charge in [0.05, 0.1) is 4.92 Å². The highest BCUT2D eigenvalue weighted by molar-refractivity contribution is 6.00. The molecule has 2 fully saturated rings. The van der Waals surface area contributed by atoms with Crippen LogP contribution in [0, 0.1) is 10.1 Å². The third-order valence-electron chi connectivity index (χ3n) is 4.62. The topological polar surface area (TPSA) is 101 Å². The van der Waals surface area contributed by atoms with E-state index in [1.165, 1.54) is 6.07 Å². The summed E-state index contributed by atoms with van der Waals surface area (Å²) in [5.41, 5.74) is 6.07. The molecule has 2 aromatic rings. The fraction of sp³-hybridized carbons (Fsp3) is 0.467. The summed E-state index contributed by atoms with van der Waals surface area (Å²) in [6, 6.07) is 5.06. The van der Waals surface area contributed by atoms with Gasteiger partial charge < -0.3 is 15.5 Å². The van der Waals surface area contributed by atoms with Gasteiger partial charge in [-0.25, -0.2) is 0 Å². The van der Waals surface area contributed by atoms with Crippen molar-refractivity contribution in [2.24, 2.45) is 5.73 Å². The zero-order valence-electron chi connectivity index (χ0n) is 13.1. The number of nitro groups is 1. The molecule has 1 aromatic carbocycles. The van der Waals surface area contributed by atoms with E-state index < -0.39 is 0 Å². The molecule has 2 aliphatic rings. The largest absolute Gasteiger partial charge is 0.354 e. The lowest BCUT2D eigenvalue weighted by Gasteiger charge is -2.32. The number of nitro benzene ring substituents is 1. The maximum absolute atomic E-state index is 11.1. The first-order valence-electron chi connectivity index (χ1n) is 7.84. The molecule has 9 heteroatoms. The average Bonchev–Trinajstić information content (AvgIpc) is 2.91. The Balaban J connectivity index is 0.00000169. The normalized spacial score (nSPS) is 20.0. The first kappa shape index (κ1) is 16.7. The summed E-state index contributed by atoms with van der Waals surface area (Å²) >= 11 is 0. The van der Waals surface area contributed by atoms with Crippen LogP contribution in [0.25, 0.3) is 10.8 Å². The van der Waals surface area contributed by atoms with Crippen molar-refractivity contribution in [1.29, 1.82) is 0 Å². The molecule has 3 heterocycles. The van der Waals surface area contributed by atoms with Crippen LogP contribution in [-0.4, -0.2) is 47.3 Å². The Morgan fingerprint density at radius 2 is 1.83 bits per heavy atom. The van der Waals surface area contributed by atoms with E-state index in [4.69, 9.17) is 5.73 Å². The van der Waals surface area contributed by atoms with Gasteiger partial charge in [-0.05, 0) is 18.9 Å². The Morgan fingerprint density at radius 3 is 2.38 bits per heavy atom. The first-order valence-corrected chi connectivity index (χ1v) is 7.84. The average molecular weight is 351 g/mol. The van der Waals surface area contributed by atoms with Crippen molar-refractivity contribution in [2.45, 2.75) is 18.9 Å². The summed E-state index contributed by atoms with van der Waals surface area (Å²) < 4.78 is 0. The van der Waals surface area contributed by atoms with Crippen molar-refractivity contribution in [3.05, 3.63) is 28.3 Å². The molecule has 0 aliphatic carbocycles. The van der Waals surface area contributed by atoms with Gasteiger partial charge >= 0.3 is 0 Å². The molecule has 0 spiro atoms. The molecule has 2 aliphatic heterocycles. The highest BCUT2D eigenvalue weighted by Gasteiger charge is 2.26. The second-order valence-corrected chi connectivity index (χ2v) is 6.17. The van der Waals surface area contributed by atoms with Crippen LogP contribution in [0.3, 0.4) is 0 Å². The molecule has 1 atom stereocenters. The van der Waals surface area contributed by atoms with Gasteiger partial charge in [-0.15, -0.1) is 22.6 Å². The quantitative estimate of drug-likeness (QED) is 0.664. The SMILES string of the molecule is Cl.NC1CCN(c2nnc(N3CCC3)c3cc([N+](=O)[O-])ccc23)C1. The number of hydrogen-bond donors (Lipinski definition) is 1. The van der Waals surface area contributed by atoms with Crippen molar-refractivity contribution in [2.75, 3.05) is 36.0 Å². The second kappa shape index (κ2) is 6.37. The van der Waals surface area contributed by atoms with E-state index in [1.807, 2.05) is 0 Å². The molecule has 1 aromatic heterocycles. The molecule has 0 radical (unpaired) electrons. The number of fused-ring (bicyclic) bond motifs is 1. The minimum Gasteiger partial charge on any atom is -0.354 e. The van der Waals surface area contributed by atoms with Crippen LogP contribution in [-0.2, 0) is 0 Å². The molecule has 4 rings (SSSR count). The molecule has 0 amide bonds. The Labute approximate surface area is 145 Å². The molecule has 8 nitrogen and oxygen atoms in total. The van der Waals surface area contributed by atoms with Gasteiger partial charge in [-0.2, -0.15) is 0 Å². The van der Waals surface area contributed by atoms with Crippen LogP contribution in [0.15, 0.2) is 18.2 Å². The number of nitrogens with zero attached hydrogens (tertiary/aromatic N) is 5. The second-order valence-electron chi connectivity index (χ2n) is 6.17. The van der Waals surface area contributed by atoms with Crippen LogP contribution in [0.1, 0.15) is 12.8 Å². The van der Waals surface area contributed by atoms with Crippen LogP contribution in [0.4, 0.5) is 17.3 Å². The van der Waals surface area contributed by atoms with E-state index in [9.17, 15) is 10.1 Å². The number of aromatic nitrogens is 2. The summed E-state index contributed by atoms with van der Waals surface area (Å²) in [5.74, 6) is 1.51. The van der Waals surface area contributed by atoms with E-state index in [0.29, 0.717) is 0 Å². The monoisotopic (exact) mass is 350 g/mol. The fourth-order valence-corrected chi connectivity index (χ4v) is 3.20. The standard InChI is InChI=1S/C15H18N6O2.ClH/c16-10-4-7-20(9-10)14-12-3-2-11(21(22)23)8-13(12)15(18-17-14)19-5-1-6-19;/h2-3,8,10H,1,4-7,9,16H2;1H. The van der Waals surface area contributed by atoms with E-state index >= 15 is 0 Å². The predicted molar refractivity (Wildman–Crippen MR) is 95.1 cm³/mol. The maximum Gasteiger partial charge on any atom is 0.270 e. The first-order chi connectivity index (χ1) is 11.1. The van der Waals surface area contributed by atoms with Gasteiger partial charge in [0.25, 0.3) is 5.69 Å². The van der Waals surface area contributed by atoms with Crippen LogP contribution < -0.4 is 15.5 Å². The molecule has 128 valence electrons. The smallest absolute Gasteiger partial charge is 0.270 e. The number of hydrogen-bond acceptors (Lipinski definition) is 7. The summed E-state index contributed by atoms with van der Waals surface area (Å²) in [7, 11) is 0. The number of benzene rings is 1. The Kier molecular flexibility index (Phi) is 4.42. The Morgan fingerprint density at radius 1 is 1.12 bits per heavy atom. The number of rotatable bonds is 3. The Bertz CT molecular complexity index is 782. The number of anilines is 2. The minimum atomic E-state index is -0.370. The van der Waals surface area contributed by atoms with E-state index in [2.05, 4.69) is 20.0 Å². The summed E-state index contributed by atoms with van der Waals surface area (Å²) in [5, 5.41) is 21.6. The van der Waals surface area contributed by atoms with Gasteiger partial charge in [-0.1, -0.05) is 0 Å². The molecule has 24 heavy (non-hydrogen) atoms. The fourth-order valence-electron chi connectivity index (χ4n) is 3.20. The highest BCUT2D eigenvalue weighted by atomic mass is 35.5. The van der Waals surface area contributed by atoms with Crippen LogP contribution in [0.5, 0.6) is 0 Å². The van der Waals surface area contributed by atoms with Crippen molar-refractivity contribution in [3.63, 3.8) is 0 Å². The van der Waals surface area contributed by atoms with Gasteiger partial charge in [0.15, 0.2) is 11.6 Å². The molecule has 0 saturated carbocycles. The highest BCUT2D eigenvalue weighted by Crippen LogP contribution is 2.35. The van der Waals surface area contributed by atoms with Gasteiger partial charge in [0.1, 0.15) is 0 Å². The van der Waals surface area contributed by atoms with Crippen molar-refractivity contribution < 1.29 is 4.92 Å². The number of halogens is 1. The van der Waals surface area contributed by atoms with Gasteiger partial charge in [0.2, 0.25) is 0 Å². The molecule has 0 bridgehead atoms. The lowest BCUT2D eigenvalue weighted by Crippen LogP contribution is -2.38. The Hall–Kier alpha value is -2.19. The van der Waals surface area contributed by atoms with E-state index in [1.54, 1.807) is 12.1 Å². The molecular weight excluding hydrogens is 332 g/mol. The number of non-ortho nitro benzene ring substituents is 1. The van der Waals surface area contributed by atoms with Crippen molar-refractivity contribution in [3.8, 4) is 0 Å². The summed E-state index contributed by atoms with van der Waals surface area (Å²) in [4.78, 5) is 15.0. The van der Waals surface area contributed by atoms with Crippen molar-refractivity contribution >= 4 is 40.5 Å². The maximum atomic E-state index is 11.1. The third kappa shape index (κ3) is 2.71. The summed E-state index contributed by atoms with van der Waals surface area (Å²) in [6.07, 6.45) is 2.03. The van der Waals surface area contributed by atoms with E-state index in [-0.39, 0.29) is 29.1 Å². The summed E-state index contributed by atoms with van der Waals surface area (Å²) in [6.45, 7) is 3.41. The zero-order chi connectivity index (χ0) is 16.0. The minimum absolute atomic E-state index is 0. The van der Waals surface area contributed by atoms with Gasteiger partial charge in [0, 0.05) is 55.1 Å². The molecule has 2 saturated heterocycles.